The van der Waals surface area contributed by atoms with Gasteiger partial charge >= 0.3 is 0 Å². The van der Waals surface area contributed by atoms with Gasteiger partial charge in [0.25, 0.3) is 5.91 Å². The SMILES string of the molecule is CC(C)CC(NC(=O)COc1ccc2c(c1)C(C)(C)CC2(C)C)C(N)=O. The van der Waals surface area contributed by atoms with Gasteiger partial charge in [-0.15, -0.1) is 0 Å². The second kappa shape index (κ2) is 7.29. The first kappa shape index (κ1) is 20.3. The molecule has 3 N–H and O–H groups in total. The van der Waals surface area contributed by atoms with E-state index in [1.807, 2.05) is 26.0 Å². The van der Waals surface area contributed by atoms with Crippen molar-refractivity contribution in [2.45, 2.75) is 71.3 Å². The highest BCUT2D eigenvalue weighted by atomic mass is 16.5. The van der Waals surface area contributed by atoms with Crippen LogP contribution in [0.4, 0.5) is 0 Å². The summed E-state index contributed by atoms with van der Waals surface area (Å²) >= 11 is 0. The second-order valence-corrected chi connectivity index (χ2v) is 9.09. The monoisotopic (exact) mass is 360 g/mol. The molecule has 5 nitrogen and oxygen atoms in total. The van der Waals surface area contributed by atoms with Gasteiger partial charge in [0.2, 0.25) is 5.91 Å². The lowest BCUT2D eigenvalue weighted by molar-refractivity contribution is -0.128. The van der Waals surface area contributed by atoms with Crippen LogP contribution in [0.15, 0.2) is 18.2 Å². The van der Waals surface area contributed by atoms with Crippen LogP contribution in [0.3, 0.4) is 0 Å². The summed E-state index contributed by atoms with van der Waals surface area (Å²) in [6.45, 7) is 12.8. The van der Waals surface area contributed by atoms with Crippen LogP contribution >= 0.6 is 0 Å². The molecule has 1 aliphatic rings. The van der Waals surface area contributed by atoms with Crippen LogP contribution in [0.2, 0.25) is 0 Å². The molecule has 2 rings (SSSR count). The molecule has 1 unspecified atom stereocenters. The van der Waals surface area contributed by atoms with Crippen molar-refractivity contribution in [1.82, 2.24) is 5.32 Å². The Morgan fingerprint density at radius 1 is 1.15 bits per heavy atom. The van der Waals surface area contributed by atoms with Crippen LogP contribution in [0, 0.1) is 5.92 Å². The van der Waals surface area contributed by atoms with Crippen molar-refractivity contribution < 1.29 is 14.3 Å². The molecule has 0 bridgehead atoms. The first-order valence-corrected chi connectivity index (χ1v) is 9.29. The maximum atomic E-state index is 12.1. The number of hydrogen-bond acceptors (Lipinski definition) is 3. The highest BCUT2D eigenvalue weighted by Gasteiger charge is 2.41. The van der Waals surface area contributed by atoms with Gasteiger partial charge in [0.1, 0.15) is 11.8 Å². The fourth-order valence-electron chi connectivity index (χ4n) is 4.16. The molecule has 0 spiro atoms. The average Bonchev–Trinajstić information content (AvgIpc) is 2.68. The Kier molecular flexibility index (Phi) is 5.69. The van der Waals surface area contributed by atoms with Crippen molar-refractivity contribution >= 4 is 11.8 Å². The first-order chi connectivity index (χ1) is 11.9. The van der Waals surface area contributed by atoms with Crippen LogP contribution in [0.25, 0.3) is 0 Å². The van der Waals surface area contributed by atoms with Crippen molar-refractivity contribution in [1.29, 1.82) is 0 Å². The fraction of sp³-hybridized carbons (Fsp3) is 0.619. The highest BCUT2D eigenvalue weighted by molar-refractivity contribution is 5.87. The molecule has 144 valence electrons. The molecule has 0 radical (unpaired) electrons. The van der Waals surface area contributed by atoms with Crippen molar-refractivity contribution in [3.8, 4) is 5.75 Å². The second-order valence-electron chi connectivity index (χ2n) is 9.09. The van der Waals surface area contributed by atoms with E-state index in [-0.39, 0.29) is 29.3 Å². The number of amides is 2. The number of primary amides is 1. The van der Waals surface area contributed by atoms with E-state index in [1.54, 1.807) is 0 Å². The van der Waals surface area contributed by atoms with E-state index >= 15 is 0 Å². The molecule has 0 aromatic heterocycles. The van der Waals surface area contributed by atoms with Crippen molar-refractivity contribution in [3.05, 3.63) is 29.3 Å². The summed E-state index contributed by atoms with van der Waals surface area (Å²) in [5, 5.41) is 2.66. The third kappa shape index (κ3) is 4.57. The van der Waals surface area contributed by atoms with Gasteiger partial charge in [-0.05, 0) is 52.8 Å². The number of ether oxygens (including phenoxy) is 1. The van der Waals surface area contributed by atoms with Gasteiger partial charge in [0, 0.05) is 0 Å². The Labute approximate surface area is 156 Å². The summed E-state index contributed by atoms with van der Waals surface area (Å²) in [5.74, 6) is 0.0725. The number of nitrogens with two attached hydrogens (primary N) is 1. The standard InChI is InChI=1S/C21H32N2O3/c1-13(2)9-17(19(22)25)23-18(24)11-26-14-7-8-15-16(10-14)21(5,6)12-20(15,3)4/h7-8,10,13,17H,9,11-12H2,1-6H3,(H2,22,25)(H,23,24). The van der Waals surface area contributed by atoms with Crippen LogP contribution in [0.5, 0.6) is 5.75 Å². The molecule has 0 saturated carbocycles. The lowest BCUT2D eigenvalue weighted by atomic mass is 9.82. The van der Waals surface area contributed by atoms with E-state index in [0.29, 0.717) is 12.2 Å². The van der Waals surface area contributed by atoms with Gasteiger partial charge in [0.15, 0.2) is 6.61 Å². The zero-order valence-corrected chi connectivity index (χ0v) is 16.8. The Morgan fingerprint density at radius 2 is 1.77 bits per heavy atom. The summed E-state index contributed by atoms with van der Waals surface area (Å²) in [6.07, 6.45) is 1.60. The molecule has 5 heteroatoms. The molecule has 2 amide bonds. The molecule has 26 heavy (non-hydrogen) atoms. The molecule has 1 atom stereocenters. The van der Waals surface area contributed by atoms with Crippen molar-refractivity contribution in [2.24, 2.45) is 11.7 Å². The molecule has 0 saturated heterocycles. The molecular formula is C21H32N2O3. The van der Waals surface area contributed by atoms with E-state index < -0.39 is 11.9 Å². The third-order valence-electron chi connectivity index (χ3n) is 5.09. The molecule has 0 heterocycles. The smallest absolute Gasteiger partial charge is 0.258 e. The van der Waals surface area contributed by atoms with E-state index in [4.69, 9.17) is 10.5 Å². The summed E-state index contributed by atoms with van der Waals surface area (Å²) in [6, 6.07) is 5.39. The molecule has 0 aliphatic heterocycles. The normalized spacial score (nSPS) is 18.3. The number of nitrogens with one attached hydrogen (secondary N) is 1. The summed E-state index contributed by atoms with van der Waals surface area (Å²) in [5.41, 5.74) is 8.19. The lowest BCUT2D eigenvalue weighted by Gasteiger charge is -2.22. The fourth-order valence-corrected chi connectivity index (χ4v) is 4.16. The zero-order chi connectivity index (χ0) is 19.7. The number of carbonyl (C=O) groups excluding carboxylic acids is 2. The van der Waals surface area contributed by atoms with Gasteiger partial charge in [-0.2, -0.15) is 0 Å². The average molecular weight is 360 g/mol. The molecule has 1 aromatic carbocycles. The van der Waals surface area contributed by atoms with Gasteiger partial charge in [-0.3, -0.25) is 9.59 Å². The number of benzene rings is 1. The number of carbonyl (C=O) groups is 2. The van der Waals surface area contributed by atoms with Crippen LogP contribution < -0.4 is 15.8 Å². The van der Waals surface area contributed by atoms with E-state index in [1.165, 1.54) is 11.1 Å². The molecule has 1 aromatic rings. The predicted octanol–water partition coefficient (Wildman–Crippen LogP) is 3.04. The first-order valence-electron chi connectivity index (χ1n) is 9.29. The van der Waals surface area contributed by atoms with E-state index in [0.717, 1.165) is 6.42 Å². The van der Waals surface area contributed by atoms with Crippen molar-refractivity contribution in [2.75, 3.05) is 6.61 Å². The lowest BCUT2D eigenvalue weighted by Crippen LogP contribution is -2.46. The minimum Gasteiger partial charge on any atom is -0.484 e. The van der Waals surface area contributed by atoms with Gasteiger partial charge in [0.05, 0.1) is 0 Å². The Morgan fingerprint density at radius 3 is 2.35 bits per heavy atom. The molecule has 1 aliphatic carbocycles. The highest BCUT2D eigenvalue weighted by Crippen LogP contribution is 2.50. The minimum atomic E-state index is -0.661. The Bertz CT molecular complexity index is 692. The van der Waals surface area contributed by atoms with Crippen LogP contribution in [0.1, 0.15) is 65.5 Å². The van der Waals surface area contributed by atoms with Crippen LogP contribution in [-0.2, 0) is 20.4 Å². The maximum Gasteiger partial charge on any atom is 0.258 e. The number of rotatable bonds is 7. The van der Waals surface area contributed by atoms with Crippen molar-refractivity contribution in [3.63, 3.8) is 0 Å². The van der Waals surface area contributed by atoms with E-state index in [9.17, 15) is 9.59 Å². The summed E-state index contributed by atoms with van der Waals surface area (Å²) < 4.78 is 5.68. The predicted molar refractivity (Wildman–Crippen MR) is 103 cm³/mol. The van der Waals surface area contributed by atoms with Gasteiger partial charge < -0.3 is 15.8 Å². The quantitative estimate of drug-likeness (QED) is 0.784. The van der Waals surface area contributed by atoms with Gasteiger partial charge in [-0.25, -0.2) is 0 Å². The number of hydrogen-bond donors (Lipinski definition) is 2. The summed E-state index contributed by atoms with van der Waals surface area (Å²) in [7, 11) is 0. The topological polar surface area (TPSA) is 81.4 Å². The van der Waals surface area contributed by atoms with Crippen LogP contribution in [-0.4, -0.2) is 24.5 Å². The number of fused-ring (bicyclic) bond motifs is 1. The van der Waals surface area contributed by atoms with E-state index in [2.05, 4.69) is 39.1 Å². The molecule has 0 fully saturated rings. The van der Waals surface area contributed by atoms with Gasteiger partial charge in [-0.1, -0.05) is 47.6 Å². The largest absolute Gasteiger partial charge is 0.484 e. The minimum absolute atomic E-state index is 0.0782. The Hall–Kier alpha value is -2.04. The maximum absolute atomic E-state index is 12.1. The third-order valence-corrected chi connectivity index (χ3v) is 5.09. The zero-order valence-electron chi connectivity index (χ0n) is 16.8. The Balaban J connectivity index is 2.02. The molecular weight excluding hydrogens is 328 g/mol. The summed E-state index contributed by atoms with van der Waals surface area (Å²) in [4.78, 5) is 23.6.